The van der Waals surface area contributed by atoms with Gasteiger partial charge in [0.2, 0.25) is 23.6 Å². The zero-order valence-electron chi connectivity index (χ0n) is 44.8. The van der Waals surface area contributed by atoms with Gasteiger partial charge in [-0.2, -0.15) is 0 Å². The van der Waals surface area contributed by atoms with Crippen LogP contribution in [0.1, 0.15) is 62.1 Å². The van der Waals surface area contributed by atoms with E-state index in [1.54, 1.807) is 37.8 Å². The monoisotopic (exact) mass is 1080 g/mol. The number of benzene rings is 2. The summed E-state index contributed by atoms with van der Waals surface area (Å²) < 4.78 is 18.0. The van der Waals surface area contributed by atoms with E-state index in [2.05, 4.69) is 56.3 Å². The number of piperazine rings is 2. The maximum Gasteiger partial charge on any atom is 0.254 e. The number of anilines is 3. The number of phenols is 1. The first-order chi connectivity index (χ1) is 37.7. The van der Waals surface area contributed by atoms with Gasteiger partial charge in [-0.15, -0.1) is 21.5 Å². The normalized spacial score (nSPS) is 20.5. The summed E-state index contributed by atoms with van der Waals surface area (Å²) in [6.45, 7) is 13.0. The molecule has 0 aliphatic carbocycles. The molecule has 3 amide bonds. The minimum Gasteiger partial charge on any atom is -0.507 e. The lowest BCUT2D eigenvalue weighted by molar-refractivity contribution is -0.142. The van der Waals surface area contributed by atoms with Crippen molar-refractivity contribution in [3.8, 4) is 39.2 Å². The van der Waals surface area contributed by atoms with E-state index in [4.69, 9.17) is 19.7 Å². The van der Waals surface area contributed by atoms with E-state index in [1.807, 2.05) is 75.5 Å². The second kappa shape index (κ2) is 23.7. The highest BCUT2D eigenvalue weighted by Gasteiger charge is 2.45. The minimum atomic E-state index is -1.02. The Hall–Kier alpha value is -7.40. The zero-order chi connectivity index (χ0) is 54.6. The van der Waals surface area contributed by atoms with Crippen molar-refractivity contribution in [3.63, 3.8) is 0 Å². The number of carbonyl (C=O) groups excluding carboxylic acids is 3. The number of nitrogens with two attached hydrogens (primary N) is 1. The molecule has 5 N–H and O–H groups in total. The summed E-state index contributed by atoms with van der Waals surface area (Å²) in [5.41, 5.74) is 13.7. The van der Waals surface area contributed by atoms with Gasteiger partial charge in [0.05, 0.1) is 33.6 Å². The van der Waals surface area contributed by atoms with Crippen LogP contribution in [0.5, 0.6) is 17.5 Å². The first kappa shape index (κ1) is 54.0. The van der Waals surface area contributed by atoms with Crippen LogP contribution in [0.25, 0.3) is 21.7 Å². The SMILES string of the molecule is Cc1ncsc1-c1ccc([C@@H](NC(=O)[C@@H]2C[C@@H](O)CN2C(=O)[C@@H](c2cc(OCCN3CCN(CCOc4cc(N5C6CCC5CN(c5cc(-c7ccccc7O)nnc5N)C6)ccn4)CC3)no2)C(C)C)C(=O)N(C)C)cc1. The lowest BCUT2D eigenvalue weighted by atomic mass is 9.91. The van der Waals surface area contributed by atoms with E-state index in [9.17, 15) is 24.6 Å². The van der Waals surface area contributed by atoms with Crippen LogP contribution in [0.2, 0.25) is 0 Å². The Morgan fingerprint density at radius 1 is 0.885 bits per heavy atom. The van der Waals surface area contributed by atoms with Gasteiger partial charge in [-0.25, -0.2) is 9.97 Å². The second-order valence-electron chi connectivity index (χ2n) is 21.2. The number of β-amino-alcohol motifs (C(OH)–C–C–N with tert-alkyl or cyclic N) is 1. The molecule has 0 radical (unpaired) electrons. The van der Waals surface area contributed by atoms with Gasteiger partial charge in [0.25, 0.3) is 5.88 Å². The van der Waals surface area contributed by atoms with Crippen molar-refractivity contribution in [1.82, 2.24) is 50.2 Å². The van der Waals surface area contributed by atoms with E-state index in [-0.39, 0.29) is 54.4 Å². The molecular formula is C56H69N13O8S. The largest absolute Gasteiger partial charge is 0.507 e. The molecule has 0 saturated carbocycles. The molecule has 2 bridgehead atoms. The number of para-hydroxylation sites is 1. The molecule has 4 aliphatic rings. The van der Waals surface area contributed by atoms with E-state index >= 15 is 0 Å². The number of phenolic OH excluding ortho intramolecular Hbond substituents is 1. The Bertz CT molecular complexity index is 3040. The number of pyridine rings is 1. The van der Waals surface area contributed by atoms with Gasteiger partial charge in [-0.3, -0.25) is 24.2 Å². The molecule has 4 saturated heterocycles. The van der Waals surface area contributed by atoms with Gasteiger partial charge in [-0.1, -0.05) is 50.2 Å². The number of hydrogen-bond acceptors (Lipinski definition) is 19. The van der Waals surface area contributed by atoms with Crippen molar-refractivity contribution >= 4 is 46.3 Å². The van der Waals surface area contributed by atoms with Gasteiger partial charge in [-0.05, 0) is 66.2 Å². The van der Waals surface area contributed by atoms with Crippen LogP contribution in [-0.2, 0) is 14.4 Å². The molecular weight excluding hydrogens is 1010 g/mol. The molecule has 21 nitrogen and oxygen atoms in total. The number of fused-ring (bicyclic) bond motifs is 2. The molecule has 22 heteroatoms. The number of likely N-dealkylation sites (tertiary alicyclic amines) is 1. The Balaban J connectivity index is 0.672. The van der Waals surface area contributed by atoms with Gasteiger partial charge in [0.1, 0.15) is 37.0 Å². The standard InChI is InChI=1S/C56H69N13O8S/c1-34(2)50(55(73)68-32-41(70)27-45(68)54(72)60-51(56(74)64(4)5)36-10-12-37(13-11-36)52-35(3)59-33-78-52)47-29-49(63-77-47)76-25-23-66-20-18-65(19-21-66)22-24-75-48-26-38(16-17-58-48)69-39-14-15-40(69)31-67(30-39)44-28-43(61-62-53(44)57)42-8-6-7-9-46(42)71/h6-13,16-17,26,28-29,33-34,39-41,45,50-51,70-71H,14-15,18-25,27,30-32H2,1-5H3,(H2,57,62)(H,60,72)/t39?,40?,41-,45+,50-,51-/m1/s1. The zero-order valence-corrected chi connectivity index (χ0v) is 45.6. The summed E-state index contributed by atoms with van der Waals surface area (Å²) in [5.74, 6) is -0.624. The molecule has 10 rings (SSSR count). The highest BCUT2D eigenvalue weighted by molar-refractivity contribution is 7.13. The molecule has 0 spiro atoms. The number of carbonyl (C=O) groups is 3. The second-order valence-corrected chi connectivity index (χ2v) is 22.1. The summed E-state index contributed by atoms with van der Waals surface area (Å²) in [7, 11) is 3.25. The third-order valence-electron chi connectivity index (χ3n) is 15.4. The highest BCUT2D eigenvalue weighted by atomic mass is 32.1. The number of aliphatic hydroxyl groups is 1. The number of amides is 3. The highest BCUT2D eigenvalue weighted by Crippen LogP contribution is 2.40. The van der Waals surface area contributed by atoms with Crippen molar-refractivity contribution in [2.75, 3.05) is 102 Å². The summed E-state index contributed by atoms with van der Waals surface area (Å²) in [6.07, 6.45) is 3.01. The smallest absolute Gasteiger partial charge is 0.254 e. The molecule has 4 aliphatic heterocycles. The van der Waals surface area contributed by atoms with Crippen LogP contribution in [0.3, 0.4) is 0 Å². The van der Waals surface area contributed by atoms with Crippen LogP contribution < -0.4 is 30.3 Å². The number of nitrogens with zero attached hydrogens (tertiary/aromatic N) is 11. The fourth-order valence-corrected chi connectivity index (χ4v) is 12.1. The van der Waals surface area contributed by atoms with Crippen molar-refractivity contribution in [1.29, 1.82) is 0 Å². The van der Waals surface area contributed by atoms with Crippen LogP contribution in [0.4, 0.5) is 17.2 Å². The molecule has 4 fully saturated rings. The Morgan fingerprint density at radius 3 is 2.23 bits per heavy atom. The Kier molecular flexibility index (Phi) is 16.4. The summed E-state index contributed by atoms with van der Waals surface area (Å²) in [5, 5.41) is 36.9. The average Bonchev–Trinajstić information content (AvgIpc) is 4.28. The van der Waals surface area contributed by atoms with Crippen LogP contribution in [0, 0.1) is 12.8 Å². The predicted molar refractivity (Wildman–Crippen MR) is 295 cm³/mol. The summed E-state index contributed by atoms with van der Waals surface area (Å²) in [6, 6.07) is 20.7. The molecule has 4 aromatic heterocycles. The van der Waals surface area contributed by atoms with Crippen LogP contribution in [-0.4, -0.2) is 183 Å². The Labute approximate surface area is 457 Å². The van der Waals surface area contributed by atoms with Crippen molar-refractivity contribution in [3.05, 3.63) is 102 Å². The lowest BCUT2D eigenvalue weighted by Gasteiger charge is -2.43. The van der Waals surface area contributed by atoms with E-state index < -0.39 is 30.0 Å². The molecule has 2 aromatic carbocycles. The maximum atomic E-state index is 14.4. The number of aliphatic hydroxyl groups excluding tert-OH is 1. The van der Waals surface area contributed by atoms with Gasteiger partial charge < -0.3 is 54.9 Å². The molecule has 6 atom stereocenters. The Morgan fingerprint density at radius 2 is 1.58 bits per heavy atom. The number of aryl methyl sites for hydroxylation is 1. The van der Waals surface area contributed by atoms with E-state index in [1.165, 1.54) is 21.1 Å². The predicted octanol–water partition coefficient (Wildman–Crippen LogP) is 4.83. The van der Waals surface area contributed by atoms with E-state index in [0.29, 0.717) is 54.0 Å². The topological polar surface area (TPSA) is 245 Å². The number of rotatable bonds is 19. The number of aromatic hydroxyl groups is 1. The van der Waals surface area contributed by atoms with Crippen molar-refractivity contribution < 1.29 is 38.6 Å². The first-order valence-electron chi connectivity index (χ1n) is 26.8. The first-order valence-corrected chi connectivity index (χ1v) is 27.6. The third-order valence-corrected chi connectivity index (χ3v) is 16.4. The third kappa shape index (κ3) is 11.9. The van der Waals surface area contributed by atoms with Gasteiger partial charge >= 0.3 is 0 Å². The number of nitrogen functional groups attached to an aromatic ring is 1. The van der Waals surface area contributed by atoms with Gasteiger partial charge in [0, 0.05) is 121 Å². The van der Waals surface area contributed by atoms with Gasteiger partial charge in [0.15, 0.2) is 11.6 Å². The number of likely N-dealkylation sites (N-methyl/N-ethyl adjacent to an activating group) is 1. The number of nitrogens with one attached hydrogen (secondary N) is 1. The molecule has 78 heavy (non-hydrogen) atoms. The number of ether oxygens (including phenoxy) is 2. The minimum absolute atomic E-state index is 0.0187. The van der Waals surface area contributed by atoms with Crippen molar-refractivity contribution in [2.45, 2.75) is 76.2 Å². The fraction of sp³-hybridized carbons (Fsp3) is 0.464. The molecule has 412 valence electrons. The fourth-order valence-electron chi connectivity index (χ4n) is 11.3. The number of hydrogen-bond donors (Lipinski definition) is 4. The molecule has 8 heterocycles. The molecule has 6 aromatic rings. The maximum absolute atomic E-state index is 14.4. The number of aromatic nitrogens is 5. The molecule has 2 unspecified atom stereocenters. The summed E-state index contributed by atoms with van der Waals surface area (Å²) >= 11 is 1.53. The van der Waals surface area contributed by atoms with Crippen LogP contribution >= 0.6 is 11.3 Å². The quantitative estimate of drug-likeness (QED) is 0.0849. The summed E-state index contributed by atoms with van der Waals surface area (Å²) in [4.78, 5) is 64.3. The lowest BCUT2D eigenvalue weighted by Crippen LogP contribution is -2.54. The van der Waals surface area contributed by atoms with Crippen molar-refractivity contribution in [2.24, 2.45) is 5.92 Å². The average molecular weight is 1080 g/mol. The van der Waals surface area contributed by atoms with E-state index in [0.717, 1.165) is 86.2 Å². The number of thiazole rings is 1. The van der Waals surface area contributed by atoms with Crippen LogP contribution in [0.15, 0.2) is 89.0 Å².